The molecule has 2 heterocycles. The number of hydrogen-bond acceptors (Lipinski definition) is 5. The fourth-order valence-electron chi connectivity index (χ4n) is 4.38. The molecule has 0 N–H and O–H groups in total. The number of benzene rings is 2. The molecule has 0 aromatic heterocycles. The summed E-state index contributed by atoms with van der Waals surface area (Å²) in [6.45, 7) is 2.46. The van der Waals surface area contributed by atoms with E-state index in [1.165, 1.54) is 46.8 Å². The summed E-state index contributed by atoms with van der Waals surface area (Å²) in [5, 5.41) is 0. The number of hydrogen-bond donors (Lipinski definition) is 0. The molecule has 2 aromatic rings. The van der Waals surface area contributed by atoms with E-state index in [0.717, 1.165) is 6.07 Å². The van der Waals surface area contributed by atoms with Crippen molar-refractivity contribution in [2.75, 3.05) is 46.0 Å². The molecule has 0 radical (unpaired) electrons. The van der Waals surface area contributed by atoms with E-state index < -0.39 is 21.3 Å². The van der Waals surface area contributed by atoms with Gasteiger partial charge >= 0.3 is 0 Å². The predicted octanol–water partition coefficient (Wildman–Crippen LogP) is 3.06. The Morgan fingerprint density at radius 2 is 1.62 bits per heavy atom. The number of ether oxygens (including phenoxy) is 2. The average molecular weight is 495 g/mol. The highest BCUT2D eigenvalue weighted by Gasteiger charge is 2.42. The fraction of sp³-hybridized carbons (Fsp3) is 0.458. The van der Waals surface area contributed by atoms with Crippen molar-refractivity contribution in [1.82, 2.24) is 9.21 Å². The first kappa shape index (κ1) is 24.6. The summed E-state index contributed by atoms with van der Waals surface area (Å²) < 4.78 is 66.0. The fourth-order valence-corrected chi connectivity index (χ4v) is 5.89. The molecule has 4 rings (SSSR count). The monoisotopic (exact) mass is 494 g/mol. The molecule has 2 fully saturated rings. The van der Waals surface area contributed by atoms with Crippen molar-refractivity contribution in [3.63, 3.8) is 0 Å². The third-order valence-electron chi connectivity index (χ3n) is 6.49. The van der Waals surface area contributed by atoms with E-state index in [1.807, 2.05) is 0 Å². The lowest BCUT2D eigenvalue weighted by Crippen LogP contribution is -2.49. The lowest BCUT2D eigenvalue weighted by atomic mass is 9.76. The molecular formula is C24H28F2N2O5S. The Hall–Kier alpha value is -2.56. The van der Waals surface area contributed by atoms with Gasteiger partial charge in [0.2, 0.25) is 15.9 Å². The van der Waals surface area contributed by atoms with E-state index in [1.54, 1.807) is 4.90 Å². The zero-order valence-electron chi connectivity index (χ0n) is 18.8. The summed E-state index contributed by atoms with van der Waals surface area (Å²) in [6, 6.07) is 10.9. The zero-order valence-corrected chi connectivity index (χ0v) is 19.6. The van der Waals surface area contributed by atoms with Crippen molar-refractivity contribution in [2.24, 2.45) is 5.41 Å². The second-order valence-corrected chi connectivity index (χ2v) is 10.7. The van der Waals surface area contributed by atoms with Crippen LogP contribution in [0.25, 0.3) is 0 Å². The summed E-state index contributed by atoms with van der Waals surface area (Å²) in [7, 11) is -4.00. The summed E-state index contributed by atoms with van der Waals surface area (Å²) in [4.78, 5) is 14.5. The smallest absolute Gasteiger partial charge is 0.245 e. The number of nitrogens with zero attached hydrogens (tertiary/aromatic N) is 2. The normalized spacial score (nSPS) is 19.1. The lowest BCUT2D eigenvalue weighted by molar-refractivity contribution is -0.139. The van der Waals surface area contributed by atoms with Gasteiger partial charge in [0.1, 0.15) is 22.3 Å². The Morgan fingerprint density at radius 1 is 0.971 bits per heavy atom. The highest BCUT2D eigenvalue weighted by atomic mass is 32.2. The van der Waals surface area contributed by atoms with Gasteiger partial charge in [-0.1, -0.05) is 12.1 Å². The highest BCUT2D eigenvalue weighted by molar-refractivity contribution is 7.89. The van der Waals surface area contributed by atoms with Crippen molar-refractivity contribution < 1.29 is 31.5 Å². The van der Waals surface area contributed by atoms with Crippen molar-refractivity contribution in [1.29, 1.82) is 0 Å². The minimum absolute atomic E-state index is 0.0311. The molecule has 0 unspecified atom stereocenters. The number of carbonyl (C=O) groups is 1. The van der Waals surface area contributed by atoms with E-state index in [2.05, 4.69) is 0 Å². The van der Waals surface area contributed by atoms with E-state index in [9.17, 15) is 22.0 Å². The number of piperidine rings is 1. The van der Waals surface area contributed by atoms with Crippen LogP contribution in [0.5, 0.6) is 5.75 Å². The molecule has 7 nitrogen and oxygen atoms in total. The summed E-state index contributed by atoms with van der Waals surface area (Å²) in [5.41, 5.74) is -0.606. The van der Waals surface area contributed by atoms with Gasteiger partial charge in [0, 0.05) is 38.0 Å². The molecular weight excluding hydrogens is 466 g/mol. The SMILES string of the molecule is O=C(CC1(COc2ccc(F)cc2)CCN(S(=O)(=O)c2ccccc2F)CC1)N1CCOCC1. The van der Waals surface area contributed by atoms with Crippen molar-refractivity contribution in [3.05, 3.63) is 60.2 Å². The van der Waals surface area contributed by atoms with Gasteiger partial charge in [-0.3, -0.25) is 4.79 Å². The van der Waals surface area contributed by atoms with E-state index >= 15 is 0 Å². The molecule has 0 atom stereocenters. The molecule has 1 amide bonds. The lowest BCUT2D eigenvalue weighted by Gasteiger charge is -2.41. The minimum Gasteiger partial charge on any atom is -0.493 e. The maximum absolute atomic E-state index is 14.2. The van der Waals surface area contributed by atoms with E-state index in [0.29, 0.717) is 44.9 Å². The predicted molar refractivity (Wildman–Crippen MR) is 121 cm³/mol. The van der Waals surface area contributed by atoms with Crippen LogP contribution in [0.1, 0.15) is 19.3 Å². The molecule has 2 aliphatic heterocycles. The van der Waals surface area contributed by atoms with Crippen LogP contribution < -0.4 is 4.74 Å². The third-order valence-corrected chi connectivity index (χ3v) is 8.42. The zero-order chi connectivity index (χ0) is 24.2. The first-order valence-corrected chi connectivity index (χ1v) is 12.7. The summed E-state index contributed by atoms with van der Waals surface area (Å²) >= 11 is 0. The summed E-state index contributed by atoms with van der Waals surface area (Å²) in [6.07, 6.45) is 0.942. The van der Waals surface area contributed by atoms with Gasteiger partial charge in [-0.15, -0.1) is 0 Å². The molecule has 184 valence electrons. The van der Waals surface area contributed by atoms with Gasteiger partial charge in [-0.2, -0.15) is 4.31 Å². The first-order valence-electron chi connectivity index (χ1n) is 11.3. The van der Waals surface area contributed by atoms with Crippen molar-refractivity contribution >= 4 is 15.9 Å². The van der Waals surface area contributed by atoms with Gasteiger partial charge in [0.15, 0.2) is 0 Å². The van der Waals surface area contributed by atoms with Crippen LogP contribution in [0.4, 0.5) is 8.78 Å². The Balaban J connectivity index is 1.50. The molecule has 10 heteroatoms. The third kappa shape index (κ3) is 5.56. The second-order valence-electron chi connectivity index (χ2n) is 8.75. The number of morpholine rings is 1. The molecule has 2 aromatic carbocycles. The molecule has 0 bridgehead atoms. The Kier molecular flexibility index (Phi) is 7.49. The standard InChI is InChI=1S/C24H28F2N2O5S/c25-19-5-7-20(8-6-19)33-18-24(17-23(29)27-13-15-32-16-14-27)9-11-28(12-10-24)34(30,31)22-4-2-1-3-21(22)26/h1-8H,9-18H2. The van der Waals surface area contributed by atoms with Crippen LogP contribution in [-0.2, 0) is 19.6 Å². The molecule has 0 saturated carbocycles. The minimum atomic E-state index is -4.00. The number of halogens is 2. The van der Waals surface area contributed by atoms with Crippen LogP contribution in [0.15, 0.2) is 53.4 Å². The van der Waals surface area contributed by atoms with Crippen LogP contribution >= 0.6 is 0 Å². The van der Waals surface area contributed by atoms with Crippen LogP contribution in [0.3, 0.4) is 0 Å². The van der Waals surface area contributed by atoms with Gasteiger partial charge in [-0.25, -0.2) is 17.2 Å². The molecule has 2 aliphatic rings. The maximum Gasteiger partial charge on any atom is 0.245 e. The maximum atomic E-state index is 14.2. The Bertz CT molecular complexity index is 1100. The molecule has 0 aliphatic carbocycles. The number of amides is 1. The Labute approximate surface area is 198 Å². The van der Waals surface area contributed by atoms with Crippen molar-refractivity contribution in [3.8, 4) is 5.75 Å². The van der Waals surface area contributed by atoms with Gasteiger partial charge in [0.25, 0.3) is 0 Å². The number of rotatable bonds is 7. The topological polar surface area (TPSA) is 76.2 Å². The molecule has 0 spiro atoms. The van der Waals surface area contributed by atoms with E-state index in [4.69, 9.17) is 9.47 Å². The van der Waals surface area contributed by atoms with Crippen molar-refractivity contribution in [2.45, 2.75) is 24.2 Å². The summed E-state index contributed by atoms with van der Waals surface area (Å²) in [5.74, 6) is -0.727. The van der Waals surface area contributed by atoms with Gasteiger partial charge < -0.3 is 14.4 Å². The van der Waals surface area contributed by atoms with Gasteiger partial charge in [0.05, 0.1) is 19.8 Å². The van der Waals surface area contributed by atoms with Crippen LogP contribution in [0, 0.1) is 17.0 Å². The average Bonchev–Trinajstić information content (AvgIpc) is 2.85. The van der Waals surface area contributed by atoms with Crippen LogP contribution in [0.2, 0.25) is 0 Å². The second kappa shape index (κ2) is 10.4. The number of sulfonamides is 1. The quantitative estimate of drug-likeness (QED) is 0.592. The van der Waals surface area contributed by atoms with E-state index in [-0.39, 0.29) is 42.7 Å². The largest absolute Gasteiger partial charge is 0.493 e. The Morgan fingerprint density at radius 3 is 2.26 bits per heavy atom. The molecule has 34 heavy (non-hydrogen) atoms. The highest BCUT2D eigenvalue weighted by Crippen LogP contribution is 2.38. The van der Waals surface area contributed by atoms with Crippen LogP contribution in [-0.4, -0.2) is 69.5 Å². The number of carbonyl (C=O) groups excluding carboxylic acids is 1. The molecule has 2 saturated heterocycles. The van der Waals surface area contributed by atoms with Gasteiger partial charge in [-0.05, 0) is 49.2 Å². The first-order chi connectivity index (χ1) is 16.3.